The number of rotatable bonds is 10. The molecule has 0 saturated carbocycles. The van der Waals surface area contributed by atoms with Crippen molar-refractivity contribution in [2.45, 2.75) is 69.0 Å². The van der Waals surface area contributed by atoms with Crippen molar-refractivity contribution >= 4 is 29.0 Å². The third-order valence-electron chi connectivity index (χ3n) is 5.52. The number of thioether (sulfide) groups is 1. The van der Waals surface area contributed by atoms with Crippen LogP contribution in [0.4, 0.5) is 0 Å². The SMILES string of the molecule is CC(C)c1ccc(-c2ncc(CSc3nnc(CCC(N)=O)n3CC3CCCO3)s2)cc1. The average molecular weight is 472 g/mol. The van der Waals surface area contributed by atoms with Crippen molar-refractivity contribution in [3.05, 3.63) is 46.7 Å². The van der Waals surface area contributed by atoms with Crippen molar-refractivity contribution in [3.8, 4) is 10.6 Å². The van der Waals surface area contributed by atoms with E-state index in [1.807, 2.05) is 6.20 Å². The van der Waals surface area contributed by atoms with Crippen LogP contribution in [-0.4, -0.2) is 38.4 Å². The number of thiazole rings is 1. The first-order chi connectivity index (χ1) is 15.5. The Morgan fingerprint density at radius 1 is 1.31 bits per heavy atom. The van der Waals surface area contributed by atoms with E-state index in [-0.39, 0.29) is 18.4 Å². The Bertz CT molecular complexity index is 1040. The number of nitrogens with zero attached hydrogens (tertiary/aromatic N) is 4. The van der Waals surface area contributed by atoms with Crippen molar-refractivity contribution in [1.82, 2.24) is 19.7 Å². The van der Waals surface area contributed by atoms with Crippen LogP contribution in [0, 0.1) is 0 Å². The summed E-state index contributed by atoms with van der Waals surface area (Å²) < 4.78 is 7.91. The minimum absolute atomic E-state index is 0.168. The maximum atomic E-state index is 11.2. The van der Waals surface area contributed by atoms with Crippen LogP contribution in [0.2, 0.25) is 0 Å². The molecule has 1 atom stereocenters. The Balaban J connectivity index is 1.44. The van der Waals surface area contributed by atoms with Crippen LogP contribution < -0.4 is 5.73 Å². The lowest BCUT2D eigenvalue weighted by atomic mass is 10.0. The highest BCUT2D eigenvalue weighted by atomic mass is 32.2. The van der Waals surface area contributed by atoms with E-state index < -0.39 is 0 Å². The molecule has 3 heterocycles. The van der Waals surface area contributed by atoms with Crippen LogP contribution in [-0.2, 0) is 28.2 Å². The molecule has 9 heteroatoms. The van der Waals surface area contributed by atoms with Gasteiger partial charge in [-0.15, -0.1) is 21.5 Å². The number of benzene rings is 1. The van der Waals surface area contributed by atoms with E-state index in [2.05, 4.69) is 57.9 Å². The molecule has 1 aliphatic rings. The van der Waals surface area contributed by atoms with Crippen LogP contribution in [0.3, 0.4) is 0 Å². The van der Waals surface area contributed by atoms with E-state index in [0.717, 1.165) is 46.8 Å². The molecule has 1 saturated heterocycles. The van der Waals surface area contributed by atoms with E-state index in [9.17, 15) is 4.79 Å². The number of amides is 1. The second-order valence-corrected chi connectivity index (χ2v) is 10.4. The molecule has 1 fully saturated rings. The maximum absolute atomic E-state index is 11.2. The summed E-state index contributed by atoms with van der Waals surface area (Å²) in [5, 5.41) is 10.6. The highest BCUT2D eigenvalue weighted by Crippen LogP contribution is 2.31. The Morgan fingerprint density at radius 2 is 2.12 bits per heavy atom. The van der Waals surface area contributed by atoms with Gasteiger partial charge in [-0.25, -0.2) is 4.98 Å². The van der Waals surface area contributed by atoms with E-state index in [1.165, 1.54) is 10.4 Å². The number of hydrogen-bond acceptors (Lipinski definition) is 7. The second kappa shape index (κ2) is 10.6. The van der Waals surface area contributed by atoms with E-state index in [0.29, 0.717) is 18.9 Å². The Labute approximate surface area is 196 Å². The minimum atomic E-state index is -0.329. The van der Waals surface area contributed by atoms with Crippen molar-refractivity contribution < 1.29 is 9.53 Å². The van der Waals surface area contributed by atoms with Crippen LogP contribution in [0.15, 0.2) is 35.6 Å². The molecular weight excluding hydrogens is 442 g/mol. The van der Waals surface area contributed by atoms with Gasteiger partial charge in [0, 0.05) is 41.8 Å². The number of carbonyl (C=O) groups excluding carboxylic acids is 1. The van der Waals surface area contributed by atoms with Gasteiger partial charge in [0.05, 0.1) is 12.6 Å². The lowest BCUT2D eigenvalue weighted by Crippen LogP contribution is -2.19. The Hall–Kier alpha value is -2.23. The van der Waals surface area contributed by atoms with Gasteiger partial charge in [0.1, 0.15) is 10.8 Å². The summed E-state index contributed by atoms with van der Waals surface area (Å²) >= 11 is 3.35. The largest absolute Gasteiger partial charge is 0.376 e. The summed E-state index contributed by atoms with van der Waals surface area (Å²) in [4.78, 5) is 17.1. The van der Waals surface area contributed by atoms with Gasteiger partial charge in [0.15, 0.2) is 5.16 Å². The highest BCUT2D eigenvalue weighted by molar-refractivity contribution is 7.98. The van der Waals surface area contributed by atoms with E-state index >= 15 is 0 Å². The number of carbonyl (C=O) groups is 1. The fourth-order valence-electron chi connectivity index (χ4n) is 3.68. The fourth-order valence-corrected chi connectivity index (χ4v) is 5.58. The Morgan fingerprint density at radius 3 is 2.81 bits per heavy atom. The molecule has 7 nitrogen and oxygen atoms in total. The molecule has 2 aromatic heterocycles. The Kier molecular flexibility index (Phi) is 7.59. The number of aromatic nitrogens is 4. The molecule has 4 rings (SSSR count). The van der Waals surface area contributed by atoms with E-state index in [1.54, 1.807) is 23.1 Å². The first kappa shape index (κ1) is 22.9. The van der Waals surface area contributed by atoms with Crippen LogP contribution in [0.25, 0.3) is 10.6 Å². The smallest absolute Gasteiger partial charge is 0.217 e. The molecular formula is C23H29N5O2S2. The van der Waals surface area contributed by atoms with Gasteiger partial charge < -0.3 is 15.0 Å². The molecule has 170 valence electrons. The van der Waals surface area contributed by atoms with Crippen molar-refractivity contribution in [2.75, 3.05) is 6.61 Å². The van der Waals surface area contributed by atoms with Crippen LogP contribution in [0.1, 0.15) is 55.3 Å². The fraction of sp³-hybridized carbons (Fsp3) is 0.478. The molecule has 3 aromatic rings. The lowest BCUT2D eigenvalue weighted by Gasteiger charge is -2.14. The van der Waals surface area contributed by atoms with E-state index in [4.69, 9.17) is 10.5 Å². The lowest BCUT2D eigenvalue weighted by molar-refractivity contribution is -0.118. The minimum Gasteiger partial charge on any atom is -0.376 e. The van der Waals surface area contributed by atoms with Gasteiger partial charge >= 0.3 is 0 Å². The number of ether oxygens (including phenoxy) is 1. The van der Waals surface area contributed by atoms with Crippen molar-refractivity contribution in [3.63, 3.8) is 0 Å². The number of primary amides is 1. The van der Waals surface area contributed by atoms with Crippen LogP contribution >= 0.6 is 23.1 Å². The summed E-state index contributed by atoms with van der Waals surface area (Å²) in [5.41, 5.74) is 7.81. The highest BCUT2D eigenvalue weighted by Gasteiger charge is 2.21. The normalized spacial score (nSPS) is 16.2. The zero-order valence-electron chi connectivity index (χ0n) is 18.5. The first-order valence-corrected chi connectivity index (χ1v) is 12.8. The van der Waals surface area contributed by atoms with Crippen molar-refractivity contribution in [2.24, 2.45) is 5.73 Å². The maximum Gasteiger partial charge on any atom is 0.217 e. The third-order valence-corrected chi connectivity index (χ3v) is 7.76. The standard InChI is InChI=1S/C23H29N5O2S2/c1-15(2)16-5-7-17(8-6-16)22-25-12-19(32-22)14-31-23-27-26-21(10-9-20(24)29)28(23)13-18-4-3-11-30-18/h5-8,12,15,18H,3-4,9-11,13-14H2,1-2H3,(H2,24,29). The molecule has 1 unspecified atom stereocenters. The molecule has 1 aliphatic heterocycles. The number of hydrogen-bond donors (Lipinski definition) is 1. The van der Waals surface area contributed by atoms with Gasteiger partial charge in [-0.3, -0.25) is 4.79 Å². The number of nitrogens with two attached hydrogens (primary N) is 1. The third kappa shape index (κ3) is 5.76. The van der Waals surface area contributed by atoms with Crippen molar-refractivity contribution in [1.29, 1.82) is 0 Å². The zero-order valence-corrected chi connectivity index (χ0v) is 20.1. The second-order valence-electron chi connectivity index (χ2n) is 8.31. The van der Waals surface area contributed by atoms with Gasteiger partial charge in [-0.05, 0) is 24.3 Å². The van der Waals surface area contributed by atoms with Gasteiger partial charge in [-0.1, -0.05) is 49.9 Å². The number of aryl methyl sites for hydroxylation is 1. The summed E-state index contributed by atoms with van der Waals surface area (Å²) in [5.74, 6) is 1.75. The summed E-state index contributed by atoms with van der Waals surface area (Å²) in [7, 11) is 0. The molecule has 2 N–H and O–H groups in total. The molecule has 0 radical (unpaired) electrons. The predicted molar refractivity (Wildman–Crippen MR) is 128 cm³/mol. The summed E-state index contributed by atoms with van der Waals surface area (Å²) in [6.07, 6.45) is 4.98. The molecule has 1 aromatic carbocycles. The summed E-state index contributed by atoms with van der Waals surface area (Å²) in [6, 6.07) is 8.65. The monoisotopic (exact) mass is 471 g/mol. The van der Waals surface area contributed by atoms with Gasteiger partial charge in [0.25, 0.3) is 0 Å². The van der Waals surface area contributed by atoms with Gasteiger partial charge in [0.2, 0.25) is 5.91 Å². The molecule has 0 bridgehead atoms. The summed E-state index contributed by atoms with van der Waals surface area (Å²) in [6.45, 7) is 5.91. The predicted octanol–water partition coefficient (Wildman–Crippen LogP) is 4.41. The molecule has 32 heavy (non-hydrogen) atoms. The zero-order chi connectivity index (χ0) is 22.5. The molecule has 1 amide bonds. The molecule has 0 spiro atoms. The average Bonchev–Trinajstić information content (AvgIpc) is 3.53. The van der Waals surface area contributed by atoms with Gasteiger partial charge in [-0.2, -0.15) is 0 Å². The quantitative estimate of drug-likeness (QED) is 0.440. The first-order valence-electron chi connectivity index (χ1n) is 11.0. The van der Waals surface area contributed by atoms with Crippen LogP contribution in [0.5, 0.6) is 0 Å². The molecule has 0 aliphatic carbocycles. The topological polar surface area (TPSA) is 95.9 Å².